The third-order valence-electron chi connectivity index (χ3n) is 2.40. The van der Waals surface area contributed by atoms with Gasteiger partial charge in [0.1, 0.15) is 0 Å². The van der Waals surface area contributed by atoms with Gasteiger partial charge in [0.15, 0.2) is 0 Å². The van der Waals surface area contributed by atoms with Crippen LogP contribution in [-0.2, 0) is 6.42 Å². The SMILES string of the molecule is Cl.N#Cc1ccc2c(c1)CC[C@@H]2N. The predicted molar refractivity (Wildman–Crippen MR) is 53.7 cm³/mol. The third-order valence-corrected chi connectivity index (χ3v) is 2.40. The second kappa shape index (κ2) is 3.78. The summed E-state index contributed by atoms with van der Waals surface area (Å²) in [5.41, 5.74) is 9.06. The van der Waals surface area contributed by atoms with Gasteiger partial charge in [-0.25, -0.2) is 0 Å². The van der Waals surface area contributed by atoms with Gasteiger partial charge in [-0.2, -0.15) is 5.26 Å². The molecule has 0 aliphatic heterocycles. The number of hydrogen-bond donors (Lipinski definition) is 1. The maximum absolute atomic E-state index is 8.65. The van der Waals surface area contributed by atoms with Gasteiger partial charge < -0.3 is 5.73 Å². The van der Waals surface area contributed by atoms with Crippen molar-refractivity contribution in [2.24, 2.45) is 5.73 Å². The third kappa shape index (κ3) is 1.67. The minimum atomic E-state index is 0. The lowest BCUT2D eigenvalue weighted by Crippen LogP contribution is -2.04. The highest BCUT2D eigenvalue weighted by Crippen LogP contribution is 2.29. The molecule has 0 bridgehead atoms. The summed E-state index contributed by atoms with van der Waals surface area (Å²) in [5, 5.41) is 8.65. The van der Waals surface area contributed by atoms with E-state index in [9.17, 15) is 0 Å². The standard InChI is InChI=1S/C10H10N2.ClH/c11-6-7-1-3-9-8(5-7)2-4-10(9)12;/h1,3,5,10H,2,4,12H2;1H/t10-;/m0./s1. The van der Waals surface area contributed by atoms with E-state index in [1.54, 1.807) is 0 Å². The molecular weight excluding hydrogens is 184 g/mol. The molecule has 0 saturated heterocycles. The van der Waals surface area contributed by atoms with Crippen LogP contribution in [0.1, 0.15) is 29.2 Å². The van der Waals surface area contributed by atoms with E-state index in [2.05, 4.69) is 6.07 Å². The van der Waals surface area contributed by atoms with Gasteiger partial charge in [0.2, 0.25) is 0 Å². The van der Waals surface area contributed by atoms with Crippen LogP contribution in [0.3, 0.4) is 0 Å². The largest absolute Gasteiger partial charge is 0.324 e. The first-order valence-electron chi connectivity index (χ1n) is 4.10. The van der Waals surface area contributed by atoms with Crippen LogP contribution in [0.4, 0.5) is 0 Å². The fraction of sp³-hybridized carbons (Fsp3) is 0.300. The van der Waals surface area contributed by atoms with Gasteiger partial charge in [0.25, 0.3) is 0 Å². The summed E-state index contributed by atoms with van der Waals surface area (Å²) in [7, 11) is 0. The van der Waals surface area contributed by atoms with Gasteiger partial charge in [-0.15, -0.1) is 12.4 Å². The second-order valence-electron chi connectivity index (χ2n) is 3.17. The molecule has 68 valence electrons. The molecule has 0 fully saturated rings. The zero-order chi connectivity index (χ0) is 8.55. The van der Waals surface area contributed by atoms with Gasteiger partial charge in [-0.05, 0) is 36.1 Å². The summed E-state index contributed by atoms with van der Waals surface area (Å²) in [4.78, 5) is 0. The zero-order valence-electron chi connectivity index (χ0n) is 7.16. The molecule has 0 radical (unpaired) electrons. The number of nitrogens with two attached hydrogens (primary N) is 1. The molecule has 1 aromatic rings. The molecule has 2 nitrogen and oxygen atoms in total. The summed E-state index contributed by atoms with van der Waals surface area (Å²) in [6, 6.07) is 8.08. The average Bonchev–Trinajstić information content (AvgIpc) is 2.47. The van der Waals surface area contributed by atoms with Gasteiger partial charge in [-0.3, -0.25) is 0 Å². The fourth-order valence-electron chi connectivity index (χ4n) is 1.72. The van der Waals surface area contributed by atoms with Crippen LogP contribution in [0.25, 0.3) is 0 Å². The van der Waals surface area contributed by atoms with E-state index in [-0.39, 0.29) is 18.4 Å². The minimum absolute atomic E-state index is 0. The van der Waals surface area contributed by atoms with Crippen molar-refractivity contribution < 1.29 is 0 Å². The Morgan fingerprint density at radius 3 is 2.92 bits per heavy atom. The van der Waals surface area contributed by atoms with Crippen molar-refractivity contribution in [3.8, 4) is 6.07 Å². The maximum atomic E-state index is 8.65. The molecule has 2 rings (SSSR count). The Balaban J connectivity index is 0.000000845. The molecule has 2 N–H and O–H groups in total. The zero-order valence-corrected chi connectivity index (χ0v) is 7.97. The molecule has 1 atom stereocenters. The molecule has 1 aromatic carbocycles. The smallest absolute Gasteiger partial charge is 0.0991 e. The van der Waals surface area contributed by atoms with E-state index in [4.69, 9.17) is 11.0 Å². The van der Waals surface area contributed by atoms with Crippen LogP contribution in [0.5, 0.6) is 0 Å². The molecule has 0 amide bonds. The van der Waals surface area contributed by atoms with E-state index in [1.807, 2.05) is 18.2 Å². The van der Waals surface area contributed by atoms with Gasteiger partial charge in [0, 0.05) is 6.04 Å². The Bertz CT molecular complexity index is 354. The highest BCUT2D eigenvalue weighted by molar-refractivity contribution is 5.85. The van der Waals surface area contributed by atoms with Crippen molar-refractivity contribution in [2.45, 2.75) is 18.9 Å². The van der Waals surface area contributed by atoms with E-state index in [0.717, 1.165) is 18.4 Å². The minimum Gasteiger partial charge on any atom is -0.324 e. The Hall–Kier alpha value is -1.04. The first-order chi connectivity index (χ1) is 5.81. The van der Waals surface area contributed by atoms with Crippen LogP contribution in [0, 0.1) is 11.3 Å². The topological polar surface area (TPSA) is 49.8 Å². The van der Waals surface area contributed by atoms with Crippen molar-refractivity contribution >= 4 is 12.4 Å². The van der Waals surface area contributed by atoms with E-state index < -0.39 is 0 Å². The van der Waals surface area contributed by atoms with Crippen LogP contribution >= 0.6 is 12.4 Å². The Morgan fingerprint density at radius 1 is 1.46 bits per heavy atom. The molecule has 1 aliphatic carbocycles. The molecule has 0 saturated carbocycles. The summed E-state index contributed by atoms with van der Waals surface area (Å²) >= 11 is 0. The van der Waals surface area contributed by atoms with Crippen LogP contribution < -0.4 is 5.73 Å². The van der Waals surface area contributed by atoms with Crippen LogP contribution in [0.15, 0.2) is 18.2 Å². The Labute approximate surface area is 83.8 Å². The van der Waals surface area contributed by atoms with Gasteiger partial charge >= 0.3 is 0 Å². The normalized spacial score (nSPS) is 18.6. The molecule has 0 unspecified atom stereocenters. The number of benzene rings is 1. The summed E-state index contributed by atoms with van der Waals surface area (Å²) in [6.45, 7) is 0. The van der Waals surface area contributed by atoms with Crippen molar-refractivity contribution in [2.75, 3.05) is 0 Å². The molecule has 0 aromatic heterocycles. The molecule has 0 heterocycles. The van der Waals surface area contributed by atoms with E-state index in [0.29, 0.717) is 0 Å². The Morgan fingerprint density at radius 2 is 2.23 bits per heavy atom. The first-order valence-corrected chi connectivity index (χ1v) is 4.10. The average molecular weight is 195 g/mol. The highest BCUT2D eigenvalue weighted by atomic mass is 35.5. The number of fused-ring (bicyclic) bond motifs is 1. The lowest BCUT2D eigenvalue weighted by Gasteiger charge is -2.03. The quantitative estimate of drug-likeness (QED) is 0.686. The number of aryl methyl sites for hydroxylation is 1. The number of hydrogen-bond acceptors (Lipinski definition) is 2. The van der Waals surface area contributed by atoms with Crippen molar-refractivity contribution in [3.05, 3.63) is 34.9 Å². The van der Waals surface area contributed by atoms with Crippen LogP contribution in [0.2, 0.25) is 0 Å². The summed E-state index contributed by atoms with van der Waals surface area (Å²) < 4.78 is 0. The molecular formula is C10H11ClN2. The molecule has 0 spiro atoms. The predicted octanol–water partition coefficient (Wildman–Crippen LogP) is 1.93. The van der Waals surface area contributed by atoms with Crippen molar-refractivity contribution in [1.82, 2.24) is 0 Å². The van der Waals surface area contributed by atoms with Gasteiger partial charge in [-0.1, -0.05) is 6.07 Å². The first kappa shape index (κ1) is 10.0. The second-order valence-corrected chi connectivity index (χ2v) is 3.17. The lowest BCUT2D eigenvalue weighted by atomic mass is 10.1. The van der Waals surface area contributed by atoms with Gasteiger partial charge in [0.05, 0.1) is 11.6 Å². The molecule has 3 heteroatoms. The fourth-order valence-corrected chi connectivity index (χ4v) is 1.72. The maximum Gasteiger partial charge on any atom is 0.0991 e. The molecule has 1 aliphatic rings. The highest BCUT2D eigenvalue weighted by Gasteiger charge is 2.18. The Kier molecular flexibility index (Phi) is 2.92. The van der Waals surface area contributed by atoms with Crippen molar-refractivity contribution in [3.63, 3.8) is 0 Å². The van der Waals surface area contributed by atoms with Crippen molar-refractivity contribution in [1.29, 1.82) is 5.26 Å². The van der Waals surface area contributed by atoms with E-state index >= 15 is 0 Å². The molecule has 13 heavy (non-hydrogen) atoms. The van der Waals surface area contributed by atoms with E-state index in [1.165, 1.54) is 11.1 Å². The monoisotopic (exact) mass is 194 g/mol. The van der Waals surface area contributed by atoms with Crippen LogP contribution in [-0.4, -0.2) is 0 Å². The number of halogens is 1. The summed E-state index contributed by atoms with van der Waals surface area (Å²) in [5.74, 6) is 0. The number of nitrogens with zero attached hydrogens (tertiary/aromatic N) is 1. The lowest BCUT2D eigenvalue weighted by molar-refractivity contribution is 0.713. The summed E-state index contributed by atoms with van der Waals surface area (Å²) in [6.07, 6.45) is 2.04. The number of nitriles is 1. The number of rotatable bonds is 0.